The second-order valence-electron chi connectivity index (χ2n) is 15.0. The third kappa shape index (κ3) is 31.4. The van der Waals surface area contributed by atoms with Gasteiger partial charge in [0, 0.05) is 12.8 Å². The van der Waals surface area contributed by atoms with Crippen LogP contribution in [0, 0.1) is 0 Å². The molecule has 310 valence electrons. The zero-order valence-corrected chi connectivity index (χ0v) is 34.8. The van der Waals surface area contributed by atoms with E-state index >= 15 is 0 Å². The molecule has 0 aromatic rings. The number of hydrogen-bond donors (Lipinski definition) is 2. The Balaban J connectivity index is 2.34. The first kappa shape index (κ1) is 49.5. The van der Waals surface area contributed by atoms with E-state index in [-0.39, 0.29) is 19.4 Å². The molecule has 0 bridgehead atoms. The molecule has 0 heterocycles. The maximum atomic E-state index is 12.7. The summed E-state index contributed by atoms with van der Waals surface area (Å²) in [5, 5.41) is 10.2. The van der Waals surface area contributed by atoms with Crippen molar-refractivity contribution >= 4 is 19.8 Å². The van der Waals surface area contributed by atoms with E-state index in [1.54, 1.807) is 0 Å². The number of aliphatic hydroxyl groups excluding tert-OH is 1. The summed E-state index contributed by atoms with van der Waals surface area (Å²) < 4.78 is 34.1. The van der Waals surface area contributed by atoms with Crippen LogP contribution in [0.25, 0.3) is 0 Å². The minimum atomic E-state index is -4.54. The topological polar surface area (TPSA) is 129 Å². The van der Waals surface area contributed by atoms with Gasteiger partial charge < -0.3 is 19.5 Å². The summed E-state index contributed by atoms with van der Waals surface area (Å²) in [6.07, 6.45) is 37.0. The molecule has 1 aliphatic carbocycles. The summed E-state index contributed by atoms with van der Waals surface area (Å²) >= 11 is 0. The van der Waals surface area contributed by atoms with Gasteiger partial charge in [0.2, 0.25) is 0 Å². The van der Waals surface area contributed by atoms with Gasteiger partial charge in [-0.15, -0.1) is 0 Å². The lowest BCUT2D eigenvalue weighted by atomic mass is 9.95. The number of unbranched alkanes of at least 4 members (excludes halogenated alkanes) is 20. The highest BCUT2D eigenvalue weighted by atomic mass is 31.2. The van der Waals surface area contributed by atoms with Crippen LogP contribution in [0.5, 0.6) is 0 Å². The highest BCUT2D eigenvalue weighted by molar-refractivity contribution is 7.47. The van der Waals surface area contributed by atoms with Crippen molar-refractivity contribution in [2.24, 2.45) is 0 Å². The standard InChI is InChI=1S/C43H79O9P/c1-3-5-7-9-11-13-15-17-18-20-22-24-26-28-30-36-43(46)51-39(38-50-53(47,48)52-41-34-32-31-33-40(41)44)37-49-42(45)35-29-27-25-23-21-19-16-14-12-10-8-6-4-2/h11,13,17-18,39-41,44H,3-10,12,14-16,19-38H2,1-2H3,(H,47,48)/b13-11-,18-17-/t39-,40?,41?/m1/s1. The molecule has 1 rings (SSSR count). The number of esters is 2. The van der Waals surface area contributed by atoms with Gasteiger partial charge in [0.15, 0.2) is 6.10 Å². The Morgan fingerprint density at radius 2 is 1.11 bits per heavy atom. The van der Waals surface area contributed by atoms with Crippen molar-refractivity contribution in [1.82, 2.24) is 0 Å². The number of aliphatic hydroxyl groups is 1. The van der Waals surface area contributed by atoms with E-state index in [1.165, 1.54) is 89.9 Å². The van der Waals surface area contributed by atoms with Gasteiger partial charge in [-0.3, -0.25) is 18.6 Å². The van der Waals surface area contributed by atoms with Crippen LogP contribution in [-0.2, 0) is 32.7 Å². The number of phosphoric acid groups is 1. The minimum Gasteiger partial charge on any atom is -0.462 e. The number of carbonyl (C=O) groups excluding carboxylic acids is 2. The van der Waals surface area contributed by atoms with Crippen LogP contribution in [0.15, 0.2) is 24.3 Å². The molecule has 1 aliphatic rings. The summed E-state index contributed by atoms with van der Waals surface area (Å²) in [5.74, 6) is -0.857. The smallest absolute Gasteiger partial charge is 0.462 e. The maximum absolute atomic E-state index is 12.7. The number of ether oxygens (including phenoxy) is 2. The quantitative estimate of drug-likeness (QED) is 0.0277. The molecule has 0 aromatic carbocycles. The van der Waals surface area contributed by atoms with E-state index in [1.807, 2.05) is 0 Å². The van der Waals surface area contributed by atoms with Gasteiger partial charge in [-0.1, -0.05) is 160 Å². The van der Waals surface area contributed by atoms with Crippen LogP contribution in [0.3, 0.4) is 0 Å². The zero-order chi connectivity index (χ0) is 38.7. The molecule has 1 saturated carbocycles. The summed E-state index contributed by atoms with van der Waals surface area (Å²) in [6, 6.07) is 0. The molecule has 4 atom stereocenters. The molecule has 3 unspecified atom stereocenters. The lowest BCUT2D eigenvalue weighted by molar-refractivity contribution is -0.161. The number of allylic oxidation sites excluding steroid dienone is 4. The molecule has 0 aromatic heterocycles. The first-order valence-electron chi connectivity index (χ1n) is 21.8. The third-order valence-electron chi connectivity index (χ3n) is 9.90. The molecule has 0 amide bonds. The molecule has 0 aliphatic heterocycles. The molecule has 53 heavy (non-hydrogen) atoms. The number of rotatable bonds is 36. The molecule has 9 nitrogen and oxygen atoms in total. The van der Waals surface area contributed by atoms with Crippen LogP contribution in [0.4, 0.5) is 0 Å². The van der Waals surface area contributed by atoms with Crippen molar-refractivity contribution in [3.63, 3.8) is 0 Å². The van der Waals surface area contributed by atoms with E-state index in [4.69, 9.17) is 18.5 Å². The minimum absolute atomic E-state index is 0.204. The van der Waals surface area contributed by atoms with Gasteiger partial charge in [0.1, 0.15) is 6.61 Å². The fourth-order valence-electron chi connectivity index (χ4n) is 6.57. The predicted molar refractivity (Wildman–Crippen MR) is 216 cm³/mol. The van der Waals surface area contributed by atoms with Crippen LogP contribution in [-0.4, -0.2) is 53.5 Å². The van der Waals surface area contributed by atoms with Crippen LogP contribution in [0.1, 0.15) is 206 Å². The van der Waals surface area contributed by atoms with Crippen molar-refractivity contribution in [2.45, 2.75) is 225 Å². The lowest BCUT2D eigenvalue weighted by Crippen LogP contribution is -2.32. The molecule has 0 radical (unpaired) electrons. The third-order valence-corrected chi connectivity index (χ3v) is 10.9. The van der Waals surface area contributed by atoms with Crippen molar-refractivity contribution in [1.29, 1.82) is 0 Å². The van der Waals surface area contributed by atoms with E-state index in [2.05, 4.69) is 38.2 Å². The Hall–Kier alpha value is -1.51. The van der Waals surface area contributed by atoms with E-state index in [9.17, 15) is 24.2 Å². The maximum Gasteiger partial charge on any atom is 0.472 e. The first-order valence-corrected chi connectivity index (χ1v) is 23.3. The Kier molecular flexibility index (Phi) is 32.6. The van der Waals surface area contributed by atoms with Crippen molar-refractivity contribution < 1.29 is 42.7 Å². The molecule has 1 fully saturated rings. The van der Waals surface area contributed by atoms with Crippen molar-refractivity contribution in [2.75, 3.05) is 13.2 Å². The highest BCUT2D eigenvalue weighted by Gasteiger charge is 2.34. The average molecular weight is 771 g/mol. The fourth-order valence-corrected chi connectivity index (χ4v) is 7.57. The summed E-state index contributed by atoms with van der Waals surface area (Å²) in [4.78, 5) is 35.5. The zero-order valence-electron chi connectivity index (χ0n) is 33.9. The Morgan fingerprint density at radius 1 is 0.642 bits per heavy atom. The predicted octanol–water partition coefficient (Wildman–Crippen LogP) is 12.2. The average Bonchev–Trinajstić information content (AvgIpc) is 3.14. The number of phosphoric ester groups is 1. The van der Waals surface area contributed by atoms with Gasteiger partial charge >= 0.3 is 19.8 Å². The molecule has 2 N–H and O–H groups in total. The second kappa shape index (κ2) is 34.9. The largest absolute Gasteiger partial charge is 0.472 e. The summed E-state index contributed by atoms with van der Waals surface area (Å²) in [5.41, 5.74) is 0. The molecular formula is C43H79O9P. The van der Waals surface area contributed by atoms with Crippen molar-refractivity contribution in [3.8, 4) is 0 Å². The Bertz CT molecular complexity index is 985. The van der Waals surface area contributed by atoms with E-state index in [0.717, 1.165) is 70.6 Å². The Morgan fingerprint density at radius 3 is 1.68 bits per heavy atom. The Labute approximate surface area is 324 Å². The summed E-state index contributed by atoms with van der Waals surface area (Å²) in [6.45, 7) is 3.74. The molecule has 0 spiro atoms. The summed E-state index contributed by atoms with van der Waals surface area (Å²) in [7, 11) is -4.54. The monoisotopic (exact) mass is 771 g/mol. The first-order chi connectivity index (χ1) is 25.8. The van der Waals surface area contributed by atoms with Crippen LogP contribution >= 0.6 is 7.82 Å². The van der Waals surface area contributed by atoms with Gasteiger partial charge in [0.25, 0.3) is 0 Å². The van der Waals surface area contributed by atoms with Crippen molar-refractivity contribution in [3.05, 3.63) is 24.3 Å². The number of carbonyl (C=O) groups is 2. The van der Waals surface area contributed by atoms with Gasteiger partial charge in [-0.25, -0.2) is 4.57 Å². The number of hydrogen-bond acceptors (Lipinski definition) is 8. The SMILES string of the molecule is CCCCC/C=C\C/C=C\CCCCCCCC(=O)O[C@H](COC(=O)CCCCCCCCCCCCCCC)COP(=O)(O)OC1CCCCC1O. The molecule has 10 heteroatoms. The van der Waals surface area contributed by atoms with Gasteiger partial charge in [0.05, 0.1) is 18.8 Å². The fraction of sp³-hybridized carbons (Fsp3) is 0.860. The normalized spacial score (nSPS) is 18.0. The highest BCUT2D eigenvalue weighted by Crippen LogP contribution is 2.47. The van der Waals surface area contributed by atoms with Gasteiger partial charge in [-0.2, -0.15) is 0 Å². The van der Waals surface area contributed by atoms with E-state index in [0.29, 0.717) is 19.3 Å². The van der Waals surface area contributed by atoms with Crippen LogP contribution < -0.4 is 0 Å². The lowest BCUT2D eigenvalue weighted by Gasteiger charge is -2.29. The van der Waals surface area contributed by atoms with E-state index < -0.39 is 44.7 Å². The van der Waals surface area contributed by atoms with Gasteiger partial charge in [-0.05, 0) is 57.8 Å². The van der Waals surface area contributed by atoms with Crippen LogP contribution in [0.2, 0.25) is 0 Å². The second-order valence-corrected chi connectivity index (χ2v) is 16.4. The molecule has 0 saturated heterocycles. The molecular weight excluding hydrogens is 691 g/mol.